The van der Waals surface area contributed by atoms with Crippen LogP contribution in [0.25, 0.3) is 0 Å². The van der Waals surface area contributed by atoms with Crippen molar-refractivity contribution in [1.29, 1.82) is 0 Å². The molecule has 170 valence electrons. The first kappa shape index (κ1) is 24.5. The predicted molar refractivity (Wildman–Crippen MR) is 108 cm³/mol. The van der Waals surface area contributed by atoms with Crippen LogP contribution in [-0.4, -0.2) is 63.2 Å². The van der Waals surface area contributed by atoms with E-state index in [0.717, 1.165) is 5.57 Å². The molecule has 6 atom stereocenters. The Bertz CT molecular complexity index is 683. The zero-order valence-electron chi connectivity index (χ0n) is 18.7. The van der Waals surface area contributed by atoms with Crippen LogP contribution in [0.15, 0.2) is 22.8 Å². The molecule has 1 N–H and O–H groups in total. The van der Waals surface area contributed by atoms with Crippen molar-refractivity contribution in [3.63, 3.8) is 0 Å². The first-order chi connectivity index (χ1) is 14.3. The lowest BCUT2D eigenvalue weighted by molar-refractivity contribution is -0.243. The number of rotatable bonds is 10. The van der Waals surface area contributed by atoms with Gasteiger partial charge in [-0.3, -0.25) is 9.59 Å². The van der Waals surface area contributed by atoms with Gasteiger partial charge < -0.3 is 28.8 Å². The fourth-order valence-corrected chi connectivity index (χ4v) is 3.53. The van der Waals surface area contributed by atoms with Crippen LogP contribution in [-0.2, 0) is 33.3 Å². The SMILES string of the molecule is CC[C@@H](C)C(=O)OCC1=C2[C@@H](C(CO)=C[C@H]2OC)[C@H](OC(=O)[C@H](C)CC)O[C@@H]1OC. The molecule has 0 aromatic carbocycles. The summed E-state index contributed by atoms with van der Waals surface area (Å²) in [6.07, 6.45) is 0.760. The van der Waals surface area contributed by atoms with Crippen LogP contribution in [0.2, 0.25) is 0 Å². The van der Waals surface area contributed by atoms with Gasteiger partial charge in [0, 0.05) is 19.8 Å². The lowest BCUT2D eigenvalue weighted by Crippen LogP contribution is -2.44. The summed E-state index contributed by atoms with van der Waals surface area (Å²) in [5.41, 5.74) is 1.96. The number of fused-ring (bicyclic) bond motifs is 1. The third-order valence-electron chi connectivity index (χ3n) is 5.87. The zero-order chi connectivity index (χ0) is 22.4. The number of carbonyl (C=O) groups excluding carboxylic acids is 2. The smallest absolute Gasteiger partial charge is 0.310 e. The third-order valence-corrected chi connectivity index (χ3v) is 5.87. The average molecular weight is 427 g/mol. The summed E-state index contributed by atoms with van der Waals surface area (Å²) < 4.78 is 28.2. The summed E-state index contributed by atoms with van der Waals surface area (Å²) in [7, 11) is 3.01. The van der Waals surface area contributed by atoms with Crippen LogP contribution in [0.4, 0.5) is 0 Å². The Kier molecular flexibility index (Phi) is 9.03. The van der Waals surface area contributed by atoms with Gasteiger partial charge in [0.2, 0.25) is 6.29 Å². The number of hydrogen-bond donors (Lipinski definition) is 1. The molecule has 1 aliphatic heterocycles. The molecule has 0 radical (unpaired) electrons. The molecule has 2 rings (SSSR count). The molecule has 0 spiro atoms. The third kappa shape index (κ3) is 5.11. The maximum absolute atomic E-state index is 12.4. The Morgan fingerprint density at radius 1 is 1.10 bits per heavy atom. The van der Waals surface area contributed by atoms with Crippen molar-refractivity contribution < 1.29 is 38.4 Å². The first-order valence-corrected chi connectivity index (χ1v) is 10.4. The number of ether oxygens (including phenoxy) is 5. The number of carbonyl (C=O) groups is 2. The quantitative estimate of drug-likeness (QED) is 0.420. The number of aliphatic hydroxyl groups excluding tert-OH is 1. The minimum Gasteiger partial charge on any atom is -0.461 e. The lowest BCUT2D eigenvalue weighted by atomic mass is 9.88. The van der Waals surface area contributed by atoms with E-state index in [0.29, 0.717) is 24.0 Å². The molecule has 0 saturated heterocycles. The monoisotopic (exact) mass is 426 g/mol. The zero-order valence-corrected chi connectivity index (χ0v) is 18.7. The number of hydrogen-bond acceptors (Lipinski definition) is 8. The highest BCUT2D eigenvalue weighted by molar-refractivity contribution is 5.72. The Hall–Kier alpha value is -1.74. The van der Waals surface area contributed by atoms with Gasteiger partial charge in [0.25, 0.3) is 0 Å². The summed E-state index contributed by atoms with van der Waals surface area (Å²) in [5, 5.41) is 9.90. The Labute approximate surface area is 178 Å². The van der Waals surface area contributed by atoms with Gasteiger partial charge in [0.1, 0.15) is 6.61 Å². The van der Waals surface area contributed by atoms with Crippen LogP contribution < -0.4 is 0 Å². The second-order valence-electron chi connectivity index (χ2n) is 7.75. The van der Waals surface area contributed by atoms with Crippen LogP contribution in [0.3, 0.4) is 0 Å². The molecule has 0 aromatic rings. The second kappa shape index (κ2) is 11.0. The van der Waals surface area contributed by atoms with Gasteiger partial charge in [0.05, 0.1) is 30.5 Å². The van der Waals surface area contributed by atoms with Gasteiger partial charge >= 0.3 is 11.9 Å². The van der Waals surface area contributed by atoms with Crippen molar-refractivity contribution in [2.75, 3.05) is 27.4 Å². The molecule has 1 heterocycles. The standard InChI is InChI=1S/C22H34O8/c1-7-12(3)19(24)28-11-15-18-16(26-5)9-14(10-23)17(18)22(30-21(15)27-6)29-20(25)13(4)8-2/h9,12-13,16-17,21-23H,7-8,10-11H2,1-6H3/t12-,13-,16-,17-,21+,22-/m1/s1. The Balaban J connectivity index is 2.39. The molecule has 0 bridgehead atoms. The van der Waals surface area contributed by atoms with Gasteiger partial charge in [-0.15, -0.1) is 0 Å². The van der Waals surface area contributed by atoms with Gasteiger partial charge in [0.15, 0.2) is 6.29 Å². The fraction of sp³-hybridized carbons (Fsp3) is 0.727. The van der Waals surface area contributed by atoms with Crippen molar-refractivity contribution in [2.24, 2.45) is 17.8 Å². The maximum Gasteiger partial charge on any atom is 0.310 e. The molecular weight excluding hydrogens is 392 g/mol. The normalized spacial score (nSPS) is 27.9. The summed E-state index contributed by atoms with van der Waals surface area (Å²) in [6.45, 7) is 7.12. The summed E-state index contributed by atoms with van der Waals surface area (Å²) >= 11 is 0. The Morgan fingerprint density at radius 2 is 1.73 bits per heavy atom. The van der Waals surface area contributed by atoms with Crippen LogP contribution in [0.1, 0.15) is 40.5 Å². The van der Waals surface area contributed by atoms with Crippen molar-refractivity contribution in [2.45, 2.75) is 59.2 Å². The van der Waals surface area contributed by atoms with E-state index in [9.17, 15) is 14.7 Å². The molecular formula is C22H34O8. The second-order valence-corrected chi connectivity index (χ2v) is 7.75. The van der Waals surface area contributed by atoms with Crippen LogP contribution in [0.5, 0.6) is 0 Å². The van der Waals surface area contributed by atoms with E-state index in [-0.39, 0.29) is 37.0 Å². The predicted octanol–water partition coefficient (Wildman–Crippen LogP) is 2.35. The van der Waals surface area contributed by atoms with Crippen molar-refractivity contribution >= 4 is 11.9 Å². The summed E-state index contributed by atoms with van der Waals surface area (Å²) in [6, 6.07) is 0. The van der Waals surface area contributed by atoms with E-state index < -0.39 is 24.6 Å². The number of esters is 2. The molecule has 0 saturated carbocycles. The maximum atomic E-state index is 12.4. The number of methoxy groups -OCH3 is 2. The fourth-order valence-electron chi connectivity index (χ4n) is 3.53. The van der Waals surface area contributed by atoms with Gasteiger partial charge in [-0.1, -0.05) is 27.7 Å². The summed E-state index contributed by atoms with van der Waals surface area (Å²) in [5.74, 6) is -1.75. The van der Waals surface area contributed by atoms with Gasteiger partial charge in [-0.2, -0.15) is 0 Å². The minimum absolute atomic E-state index is 0.0358. The summed E-state index contributed by atoms with van der Waals surface area (Å²) in [4.78, 5) is 24.6. The van der Waals surface area contributed by atoms with E-state index in [1.54, 1.807) is 27.0 Å². The topological polar surface area (TPSA) is 101 Å². The van der Waals surface area contributed by atoms with Crippen LogP contribution >= 0.6 is 0 Å². The van der Waals surface area contributed by atoms with Gasteiger partial charge in [-0.25, -0.2) is 0 Å². The van der Waals surface area contributed by atoms with E-state index in [4.69, 9.17) is 23.7 Å². The molecule has 0 unspecified atom stereocenters. The molecule has 0 amide bonds. The minimum atomic E-state index is -0.973. The van der Waals surface area contributed by atoms with Crippen molar-refractivity contribution in [3.8, 4) is 0 Å². The van der Waals surface area contributed by atoms with E-state index in [1.807, 2.05) is 13.8 Å². The van der Waals surface area contributed by atoms with E-state index in [1.165, 1.54) is 7.11 Å². The largest absolute Gasteiger partial charge is 0.461 e. The highest BCUT2D eigenvalue weighted by Gasteiger charge is 2.48. The highest BCUT2D eigenvalue weighted by atomic mass is 16.8. The molecule has 0 aromatic heterocycles. The van der Waals surface area contributed by atoms with Crippen molar-refractivity contribution in [3.05, 3.63) is 22.8 Å². The average Bonchev–Trinajstić information content (AvgIpc) is 3.15. The first-order valence-electron chi connectivity index (χ1n) is 10.4. The van der Waals surface area contributed by atoms with Crippen LogP contribution in [0, 0.1) is 17.8 Å². The Morgan fingerprint density at radius 3 is 2.27 bits per heavy atom. The molecule has 0 fully saturated rings. The van der Waals surface area contributed by atoms with Gasteiger partial charge in [-0.05, 0) is 30.1 Å². The van der Waals surface area contributed by atoms with E-state index >= 15 is 0 Å². The number of aliphatic hydroxyl groups is 1. The molecule has 2 aliphatic rings. The molecule has 30 heavy (non-hydrogen) atoms. The lowest BCUT2D eigenvalue weighted by Gasteiger charge is -2.38. The molecule has 8 heteroatoms. The highest BCUT2D eigenvalue weighted by Crippen LogP contribution is 2.44. The van der Waals surface area contributed by atoms with Crippen molar-refractivity contribution in [1.82, 2.24) is 0 Å². The molecule has 8 nitrogen and oxygen atoms in total. The van der Waals surface area contributed by atoms with E-state index in [2.05, 4.69) is 0 Å². The molecule has 1 aliphatic carbocycles.